The van der Waals surface area contributed by atoms with Gasteiger partial charge in [-0.15, -0.1) is 10.2 Å². The van der Waals surface area contributed by atoms with E-state index < -0.39 is 0 Å². The van der Waals surface area contributed by atoms with Crippen molar-refractivity contribution < 1.29 is 4.79 Å². The molecule has 1 N–H and O–H groups in total. The van der Waals surface area contributed by atoms with Crippen molar-refractivity contribution in [3.8, 4) is 11.4 Å². The number of benzene rings is 1. The quantitative estimate of drug-likeness (QED) is 0.649. The van der Waals surface area contributed by atoms with E-state index in [0.717, 1.165) is 24.2 Å². The van der Waals surface area contributed by atoms with Gasteiger partial charge in [-0.1, -0.05) is 30.3 Å². The molecule has 0 unspecified atom stereocenters. The van der Waals surface area contributed by atoms with Gasteiger partial charge in [0.15, 0.2) is 4.77 Å². The Morgan fingerprint density at radius 2 is 1.90 bits per heavy atom. The lowest BCUT2D eigenvalue weighted by molar-refractivity contribution is -0.133. The average molecular weight is 411 g/mol. The number of tetrazole rings is 1. The number of nitrogens with zero attached hydrogens (tertiary/aromatic N) is 7. The summed E-state index contributed by atoms with van der Waals surface area (Å²) in [6.45, 7) is 1.51. The predicted molar refractivity (Wildman–Crippen MR) is 107 cm³/mol. The van der Waals surface area contributed by atoms with Crippen molar-refractivity contribution in [3.05, 3.63) is 40.9 Å². The van der Waals surface area contributed by atoms with Crippen molar-refractivity contribution in [1.82, 2.24) is 39.9 Å². The second kappa shape index (κ2) is 7.51. The molecule has 1 aromatic carbocycles. The number of aromatic amines is 1. The van der Waals surface area contributed by atoms with Crippen LogP contribution >= 0.6 is 12.2 Å². The molecule has 1 saturated heterocycles. The van der Waals surface area contributed by atoms with Gasteiger partial charge in [0.25, 0.3) is 0 Å². The molecule has 1 aliphatic carbocycles. The average Bonchev–Trinajstić information content (AvgIpc) is 3.36. The van der Waals surface area contributed by atoms with Gasteiger partial charge in [0.2, 0.25) is 11.7 Å². The van der Waals surface area contributed by atoms with E-state index >= 15 is 0 Å². The van der Waals surface area contributed by atoms with Crippen LogP contribution < -0.4 is 0 Å². The maximum absolute atomic E-state index is 12.7. The summed E-state index contributed by atoms with van der Waals surface area (Å²) in [7, 11) is 0. The number of carbonyl (C=O) groups is 1. The SMILES string of the molecule is O=C(Cn1nnc(-c2ccccc2)n1)N1CCC(c2n[nH]c(=S)n2C2CC2)CC1. The maximum Gasteiger partial charge on any atom is 0.246 e. The molecule has 0 radical (unpaired) electrons. The Morgan fingerprint density at radius 3 is 2.62 bits per heavy atom. The summed E-state index contributed by atoms with van der Waals surface area (Å²) in [6.07, 6.45) is 4.12. The number of likely N-dealkylation sites (tertiary alicyclic amines) is 1. The van der Waals surface area contributed by atoms with Crippen LogP contribution in [0.25, 0.3) is 11.4 Å². The minimum absolute atomic E-state index is 0.0153. The summed E-state index contributed by atoms with van der Waals surface area (Å²) < 4.78 is 2.90. The van der Waals surface area contributed by atoms with Crippen molar-refractivity contribution in [2.45, 2.75) is 44.2 Å². The number of carbonyl (C=O) groups excluding carboxylic acids is 1. The molecular weight excluding hydrogens is 388 g/mol. The summed E-state index contributed by atoms with van der Waals surface area (Å²) >= 11 is 5.39. The minimum Gasteiger partial charge on any atom is -0.341 e. The van der Waals surface area contributed by atoms with Crippen LogP contribution in [-0.4, -0.2) is 58.9 Å². The van der Waals surface area contributed by atoms with Gasteiger partial charge in [0.1, 0.15) is 12.4 Å². The molecule has 10 heteroatoms. The number of nitrogens with one attached hydrogen (secondary N) is 1. The number of rotatable bonds is 5. The standard InChI is InChI=1S/C19H22N8OS/c28-16(12-26-23-17(20-24-26)13-4-2-1-3-5-13)25-10-8-14(9-11-25)18-21-22-19(29)27(18)15-6-7-15/h1-5,14-15H,6-12H2,(H,22,29). The molecule has 0 atom stereocenters. The molecule has 1 amide bonds. The first-order valence-corrected chi connectivity index (χ1v) is 10.4. The second-order valence-electron chi connectivity index (χ2n) is 7.65. The Kier molecular flexibility index (Phi) is 4.70. The Hall–Kier alpha value is -2.88. The molecule has 1 saturated carbocycles. The zero-order valence-electron chi connectivity index (χ0n) is 15.9. The van der Waals surface area contributed by atoms with Crippen LogP contribution in [0.15, 0.2) is 30.3 Å². The van der Waals surface area contributed by atoms with E-state index in [1.807, 2.05) is 35.2 Å². The molecule has 9 nitrogen and oxygen atoms in total. The molecular formula is C19H22N8OS. The van der Waals surface area contributed by atoms with Crippen molar-refractivity contribution in [2.24, 2.45) is 0 Å². The normalized spacial score (nSPS) is 17.6. The van der Waals surface area contributed by atoms with Gasteiger partial charge in [-0.05, 0) is 43.1 Å². The molecule has 150 valence electrons. The van der Waals surface area contributed by atoms with Crippen LogP contribution in [0.2, 0.25) is 0 Å². The molecule has 3 heterocycles. The fourth-order valence-corrected chi connectivity index (χ4v) is 4.20. The lowest BCUT2D eigenvalue weighted by Gasteiger charge is -2.31. The monoisotopic (exact) mass is 410 g/mol. The van der Waals surface area contributed by atoms with E-state index in [1.54, 1.807) is 0 Å². The third kappa shape index (κ3) is 3.71. The third-order valence-corrected chi connectivity index (χ3v) is 5.91. The smallest absolute Gasteiger partial charge is 0.246 e. The maximum atomic E-state index is 12.7. The molecule has 29 heavy (non-hydrogen) atoms. The van der Waals surface area contributed by atoms with Gasteiger partial charge in [0, 0.05) is 30.6 Å². The summed E-state index contributed by atoms with van der Waals surface area (Å²) in [6, 6.07) is 10.1. The summed E-state index contributed by atoms with van der Waals surface area (Å²) in [5.74, 6) is 1.93. The number of amides is 1. The van der Waals surface area contributed by atoms with Crippen LogP contribution in [0.1, 0.15) is 43.5 Å². The van der Waals surface area contributed by atoms with Gasteiger partial charge in [-0.25, -0.2) is 0 Å². The minimum atomic E-state index is 0.0153. The van der Waals surface area contributed by atoms with E-state index in [-0.39, 0.29) is 12.5 Å². The van der Waals surface area contributed by atoms with Crippen LogP contribution in [0.5, 0.6) is 0 Å². The molecule has 0 bridgehead atoms. The van der Waals surface area contributed by atoms with E-state index in [0.29, 0.717) is 35.6 Å². The fraction of sp³-hybridized carbons (Fsp3) is 0.474. The Bertz CT molecular complexity index is 1060. The highest BCUT2D eigenvalue weighted by Gasteiger charge is 2.32. The van der Waals surface area contributed by atoms with Gasteiger partial charge in [0.05, 0.1) is 0 Å². The lowest BCUT2D eigenvalue weighted by atomic mass is 9.96. The van der Waals surface area contributed by atoms with Gasteiger partial charge < -0.3 is 9.47 Å². The number of aromatic nitrogens is 7. The predicted octanol–water partition coefficient (Wildman–Crippen LogP) is 2.34. The third-order valence-electron chi connectivity index (χ3n) is 5.62. The van der Waals surface area contributed by atoms with Crippen molar-refractivity contribution >= 4 is 18.1 Å². The van der Waals surface area contributed by atoms with Gasteiger partial charge in [-0.3, -0.25) is 9.89 Å². The molecule has 2 aromatic heterocycles. The van der Waals surface area contributed by atoms with Gasteiger partial charge >= 0.3 is 0 Å². The van der Waals surface area contributed by atoms with Crippen LogP contribution in [-0.2, 0) is 11.3 Å². The first-order valence-electron chi connectivity index (χ1n) is 9.97. The summed E-state index contributed by atoms with van der Waals surface area (Å²) in [4.78, 5) is 15.9. The first-order chi connectivity index (χ1) is 14.2. The van der Waals surface area contributed by atoms with Crippen molar-refractivity contribution in [3.63, 3.8) is 0 Å². The molecule has 1 aliphatic heterocycles. The zero-order chi connectivity index (χ0) is 19.8. The Labute approximate surface area is 172 Å². The van der Waals surface area contributed by atoms with Crippen molar-refractivity contribution in [2.75, 3.05) is 13.1 Å². The van der Waals surface area contributed by atoms with E-state index in [9.17, 15) is 4.79 Å². The van der Waals surface area contributed by atoms with Gasteiger partial charge in [-0.2, -0.15) is 9.90 Å². The van der Waals surface area contributed by atoms with Crippen LogP contribution in [0.3, 0.4) is 0 Å². The largest absolute Gasteiger partial charge is 0.341 e. The Balaban J connectivity index is 1.20. The molecule has 2 fully saturated rings. The van der Waals surface area contributed by atoms with Crippen molar-refractivity contribution in [1.29, 1.82) is 0 Å². The van der Waals surface area contributed by atoms with E-state index in [2.05, 4.69) is 30.2 Å². The Morgan fingerprint density at radius 1 is 1.14 bits per heavy atom. The van der Waals surface area contributed by atoms with E-state index in [1.165, 1.54) is 17.6 Å². The van der Waals surface area contributed by atoms with Crippen LogP contribution in [0, 0.1) is 4.77 Å². The molecule has 5 rings (SSSR count). The summed E-state index contributed by atoms with van der Waals surface area (Å²) in [5, 5.41) is 19.9. The number of hydrogen-bond donors (Lipinski definition) is 1. The second-order valence-corrected chi connectivity index (χ2v) is 8.04. The summed E-state index contributed by atoms with van der Waals surface area (Å²) in [5.41, 5.74) is 0.885. The molecule has 0 spiro atoms. The number of hydrogen-bond acceptors (Lipinski definition) is 6. The molecule has 3 aromatic rings. The zero-order valence-corrected chi connectivity index (χ0v) is 16.8. The number of H-pyrrole nitrogens is 1. The first kappa shape index (κ1) is 18.2. The highest BCUT2D eigenvalue weighted by molar-refractivity contribution is 7.71. The number of piperidine rings is 1. The highest BCUT2D eigenvalue weighted by atomic mass is 32.1. The lowest BCUT2D eigenvalue weighted by Crippen LogP contribution is -2.40. The molecule has 2 aliphatic rings. The topological polar surface area (TPSA) is 97.5 Å². The highest BCUT2D eigenvalue weighted by Crippen LogP contribution is 2.38. The fourth-order valence-electron chi connectivity index (χ4n) is 3.91. The van der Waals surface area contributed by atoms with Crippen LogP contribution in [0.4, 0.5) is 0 Å². The van der Waals surface area contributed by atoms with E-state index in [4.69, 9.17) is 12.2 Å².